The predicted octanol–water partition coefficient (Wildman–Crippen LogP) is 3.35. The molecule has 1 aliphatic rings. The Kier molecular flexibility index (Phi) is 4.15. The molecule has 3 heteroatoms. The summed E-state index contributed by atoms with van der Waals surface area (Å²) in [6.45, 7) is 6.25. The molecule has 0 radical (unpaired) electrons. The van der Waals surface area contributed by atoms with Crippen molar-refractivity contribution in [3.63, 3.8) is 0 Å². The van der Waals surface area contributed by atoms with Gasteiger partial charge in [0.15, 0.2) is 0 Å². The molecule has 1 aromatic carbocycles. The van der Waals surface area contributed by atoms with E-state index in [9.17, 15) is 0 Å². The van der Waals surface area contributed by atoms with Crippen LogP contribution in [0.1, 0.15) is 37.4 Å². The Labute approximate surface area is 119 Å². The van der Waals surface area contributed by atoms with Gasteiger partial charge in [0.2, 0.25) is 0 Å². The minimum Gasteiger partial charge on any atom is -0.330 e. The number of rotatable bonds is 4. The molecule has 1 aliphatic carbocycles. The molecule has 18 heavy (non-hydrogen) atoms. The van der Waals surface area contributed by atoms with Crippen molar-refractivity contribution in [3.05, 3.63) is 33.8 Å². The van der Waals surface area contributed by atoms with Gasteiger partial charge in [-0.05, 0) is 49.0 Å². The summed E-state index contributed by atoms with van der Waals surface area (Å²) in [6.07, 6.45) is 2.39. The lowest BCUT2D eigenvalue weighted by Crippen LogP contribution is -2.38. The molecule has 0 aromatic heterocycles. The normalized spacial score (nSPS) is 19.3. The van der Waals surface area contributed by atoms with Crippen LogP contribution in [-0.4, -0.2) is 25.0 Å². The molecule has 0 spiro atoms. The molecular formula is C15H23BrN2. The van der Waals surface area contributed by atoms with E-state index in [0.717, 1.165) is 13.1 Å². The highest BCUT2D eigenvalue weighted by Crippen LogP contribution is 2.39. The molecule has 0 aliphatic heterocycles. The molecule has 2 N–H and O–H groups in total. The van der Waals surface area contributed by atoms with Crippen molar-refractivity contribution in [1.82, 2.24) is 4.90 Å². The topological polar surface area (TPSA) is 29.3 Å². The van der Waals surface area contributed by atoms with Crippen LogP contribution in [0.25, 0.3) is 0 Å². The summed E-state index contributed by atoms with van der Waals surface area (Å²) in [5.74, 6) is 0. The molecule has 0 heterocycles. The van der Waals surface area contributed by atoms with Crippen molar-refractivity contribution in [2.75, 3.05) is 20.1 Å². The lowest BCUT2D eigenvalue weighted by Gasteiger charge is -2.33. The van der Waals surface area contributed by atoms with E-state index in [2.05, 4.69) is 59.9 Å². The Bertz CT molecular complexity index is 429. The van der Waals surface area contributed by atoms with Crippen LogP contribution in [0.2, 0.25) is 0 Å². The van der Waals surface area contributed by atoms with Crippen LogP contribution >= 0.6 is 15.9 Å². The lowest BCUT2D eigenvalue weighted by molar-refractivity contribution is 0.164. The summed E-state index contributed by atoms with van der Waals surface area (Å²) in [6, 6.07) is 7.10. The fourth-order valence-corrected chi connectivity index (χ4v) is 3.48. The van der Waals surface area contributed by atoms with E-state index in [1.165, 1.54) is 28.4 Å². The zero-order valence-electron chi connectivity index (χ0n) is 11.5. The molecule has 100 valence electrons. The first-order valence-electron chi connectivity index (χ1n) is 6.62. The Morgan fingerprint density at radius 1 is 1.44 bits per heavy atom. The number of hydrogen-bond acceptors (Lipinski definition) is 2. The third-order valence-corrected chi connectivity index (χ3v) is 4.69. The highest BCUT2D eigenvalue weighted by atomic mass is 79.9. The molecule has 1 atom stereocenters. The average molecular weight is 311 g/mol. The first-order chi connectivity index (χ1) is 8.44. The van der Waals surface area contributed by atoms with Gasteiger partial charge in [0.25, 0.3) is 0 Å². The molecule has 0 amide bonds. The Hall–Kier alpha value is -0.380. The molecule has 2 nitrogen and oxygen atoms in total. The second-order valence-electron chi connectivity index (χ2n) is 6.15. The smallest absolute Gasteiger partial charge is 0.0351 e. The van der Waals surface area contributed by atoms with E-state index in [1.807, 2.05) is 0 Å². The lowest BCUT2D eigenvalue weighted by atomic mass is 9.92. The first-order valence-corrected chi connectivity index (χ1v) is 7.41. The molecular weight excluding hydrogens is 288 g/mol. The van der Waals surface area contributed by atoms with Gasteiger partial charge in [-0.3, -0.25) is 4.90 Å². The molecule has 0 fully saturated rings. The van der Waals surface area contributed by atoms with Crippen molar-refractivity contribution >= 4 is 15.9 Å². The van der Waals surface area contributed by atoms with E-state index in [1.54, 1.807) is 0 Å². The van der Waals surface area contributed by atoms with Crippen molar-refractivity contribution in [3.8, 4) is 0 Å². The number of fused-ring (bicyclic) bond motifs is 1. The van der Waals surface area contributed by atoms with Gasteiger partial charge in [-0.15, -0.1) is 0 Å². The van der Waals surface area contributed by atoms with Gasteiger partial charge in [-0.1, -0.05) is 41.9 Å². The maximum Gasteiger partial charge on any atom is 0.0351 e. The Balaban J connectivity index is 2.16. The molecule has 0 saturated carbocycles. The number of benzene rings is 1. The van der Waals surface area contributed by atoms with Crippen molar-refractivity contribution in [2.45, 2.75) is 32.7 Å². The zero-order chi connectivity index (χ0) is 13.3. The molecule has 1 aromatic rings. The van der Waals surface area contributed by atoms with E-state index < -0.39 is 0 Å². The summed E-state index contributed by atoms with van der Waals surface area (Å²) in [7, 11) is 2.22. The molecule has 1 unspecified atom stereocenters. The van der Waals surface area contributed by atoms with Gasteiger partial charge in [-0.25, -0.2) is 0 Å². The van der Waals surface area contributed by atoms with Gasteiger partial charge in [0.05, 0.1) is 0 Å². The van der Waals surface area contributed by atoms with E-state index in [4.69, 9.17) is 5.73 Å². The van der Waals surface area contributed by atoms with Crippen LogP contribution in [0.4, 0.5) is 0 Å². The van der Waals surface area contributed by atoms with Crippen LogP contribution < -0.4 is 5.73 Å². The summed E-state index contributed by atoms with van der Waals surface area (Å²) < 4.78 is 1.26. The number of halogens is 1. The summed E-state index contributed by atoms with van der Waals surface area (Å²) in [5, 5.41) is 0. The minimum atomic E-state index is 0.184. The number of hydrogen-bond donors (Lipinski definition) is 1. The quantitative estimate of drug-likeness (QED) is 0.924. The first kappa shape index (κ1) is 14.0. The van der Waals surface area contributed by atoms with Crippen LogP contribution in [-0.2, 0) is 6.42 Å². The third kappa shape index (κ3) is 2.79. The second-order valence-corrected chi connectivity index (χ2v) is 7.00. The van der Waals surface area contributed by atoms with E-state index in [-0.39, 0.29) is 5.41 Å². The number of nitrogens with two attached hydrogens (primary N) is 1. The van der Waals surface area contributed by atoms with Crippen molar-refractivity contribution in [1.29, 1.82) is 0 Å². The molecule has 0 bridgehead atoms. The summed E-state index contributed by atoms with van der Waals surface area (Å²) in [5.41, 5.74) is 8.99. The number of nitrogens with zero attached hydrogens (tertiary/aromatic N) is 1. The van der Waals surface area contributed by atoms with E-state index in [0.29, 0.717) is 6.04 Å². The third-order valence-electron chi connectivity index (χ3n) is 3.94. The largest absolute Gasteiger partial charge is 0.330 e. The van der Waals surface area contributed by atoms with Crippen LogP contribution in [0, 0.1) is 5.41 Å². The van der Waals surface area contributed by atoms with Crippen molar-refractivity contribution < 1.29 is 0 Å². The van der Waals surface area contributed by atoms with Crippen LogP contribution in [0.3, 0.4) is 0 Å². The predicted molar refractivity (Wildman–Crippen MR) is 80.7 cm³/mol. The van der Waals surface area contributed by atoms with Crippen molar-refractivity contribution in [2.24, 2.45) is 11.1 Å². The van der Waals surface area contributed by atoms with Gasteiger partial charge >= 0.3 is 0 Å². The molecule has 2 rings (SSSR count). The van der Waals surface area contributed by atoms with Gasteiger partial charge < -0.3 is 5.73 Å². The standard InChI is InChI=1S/C15H23BrN2/c1-15(2,9-17)10-18(3)14-8-7-11-12(14)5-4-6-13(11)16/h4-6,14H,7-10,17H2,1-3H3. The molecule has 0 saturated heterocycles. The SMILES string of the molecule is CN(CC(C)(C)CN)C1CCc2c(Br)cccc21. The van der Waals surface area contributed by atoms with Gasteiger partial charge in [0, 0.05) is 17.1 Å². The fourth-order valence-electron chi connectivity index (χ4n) is 2.90. The average Bonchev–Trinajstić information content (AvgIpc) is 2.74. The highest BCUT2D eigenvalue weighted by molar-refractivity contribution is 9.10. The minimum absolute atomic E-state index is 0.184. The summed E-state index contributed by atoms with van der Waals surface area (Å²) >= 11 is 3.66. The maximum atomic E-state index is 5.84. The van der Waals surface area contributed by atoms with Gasteiger partial charge in [-0.2, -0.15) is 0 Å². The Morgan fingerprint density at radius 2 is 2.17 bits per heavy atom. The maximum absolute atomic E-state index is 5.84. The van der Waals surface area contributed by atoms with Gasteiger partial charge in [0.1, 0.15) is 0 Å². The second kappa shape index (κ2) is 5.32. The van der Waals surface area contributed by atoms with E-state index >= 15 is 0 Å². The monoisotopic (exact) mass is 310 g/mol. The Morgan fingerprint density at radius 3 is 2.83 bits per heavy atom. The van der Waals surface area contributed by atoms with Crippen LogP contribution in [0.15, 0.2) is 22.7 Å². The van der Waals surface area contributed by atoms with Crippen LogP contribution in [0.5, 0.6) is 0 Å². The fraction of sp³-hybridized carbons (Fsp3) is 0.600. The highest BCUT2D eigenvalue weighted by Gasteiger charge is 2.29. The zero-order valence-corrected chi connectivity index (χ0v) is 13.1. The summed E-state index contributed by atoms with van der Waals surface area (Å²) in [4.78, 5) is 2.46.